The summed E-state index contributed by atoms with van der Waals surface area (Å²) in [5, 5.41) is 7.99. The van der Waals surface area contributed by atoms with Gasteiger partial charge in [0.1, 0.15) is 11.4 Å². The second-order valence-corrected chi connectivity index (χ2v) is 8.29. The van der Waals surface area contributed by atoms with E-state index in [-0.39, 0.29) is 25.3 Å². The molecule has 0 radical (unpaired) electrons. The van der Waals surface area contributed by atoms with Gasteiger partial charge >= 0.3 is 24.0 Å². The van der Waals surface area contributed by atoms with E-state index in [4.69, 9.17) is 21.1 Å². The SMILES string of the molecule is COC(=O)N1CC[C@H](NC(=O)C(=O)Nc2ccc(Cl)cn2)[C@H](NC(=O)OC(C)(C)C)C1. The van der Waals surface area contributed by atoms with Crippen LogP contribution in [0.3, 0.4) is 0 Å². The molecule has 170 valence electrons. The molecule has 1 aromatic heterocycles. The molecule has 2 heterocycles. The molecule has 2 rings (SSSR count). The molecular weight excluding hydrogens is 430 g/mol. The average molecular weight is 456 g/mol. The van der Waals surface area contributed by atoms with Crippen molar-refractivity contribution in [1.29, 1.82) is 0 Å². The number of methoxy groups -OCH3 is 1. The number of nitrogens with zero attached hydrogens (tertiary/aromatic N) is 2. The first-order valence-electron chi connectivity index (χ1n) is 9.54. The minimum absolute atomic E-state index is 0.0667. The molecule has 1 aromatic rings. The third kappa shape index (κ3) is 7.59. The van der Waals surface area contributed by atoms with Gasteiger partial charge in [-0.2, -0.15) is 0 Å². The van der Waals surface area contributed by atoms with Gasteiger partial charge in [-0.1, -0.05) is 11.6 Å². The molecule has 3 N–H and O–H groups in total. The van der Waals surface area contributed by atoms with E-state index in [2.05, 4.69) is 20.9 Å². The first kappa shape index (κ1) is 24.2. The van der Waals surface area contributed by atoms with Gasteiger partial charge in [-0.3, -0.25) is 9.59 Å². The van der Waals surface area contributed by atoms with Gasteiger partial charge in [0, 0.05) is 19.3 Å². The van der Waals surface area contributed by atoms with E-state index in [0.717, 1.165) is 0 Å². The topological polar surface area (TPSA) is 139 Å². The highest BCUT2D eigenvalue weighted by Gasteiger charge is 2.35. The molecule has 2 atom stereocenters. The Kier molecular flexibility index (Phi) is 8.03. The molecule has 0 bridgehead atoms. The molecular formula is C19H26ClN5O6. The molecule has 0 unspecified atom stereocenters. The van der Waals surface area contributed by atoms with Crippen molar-refractivity contribution in [3.63, 3.8) is 0 Å². The number of anilines is 1. The van der Waals surface area contributed by atoms with E-state index in [1.165, 1.54) is 30.3 Å². The lowest BCUT2D eigenvalue weighted by atomic mass is 9.99. The summed E-state index contributed by atoms with van der Waals surface area (Å²) in [6.07, 6.45) is 0.345. The molecule has 12 heteroatoms. The lowest BCUT2D eigenvalue weighted by Crippen LogP contribution is -2.62. The van der Waals surface area contributed by atoms with Gasteiger partial charge in [-0.05, 0) is 39.3 Å². The third-order valence-corrected chi connectivity index (χ3v) is 4.46. The van der Waals surface area contributed by atoms with Crippen LogP contribution in [0, 0.1) is 0 Å². The Morgan fingerprint density at radius 3 is 2.42 bits per heavy atom. The van der Waals surface area contributed by atoms with Crippen molar-refractivity contribution in [3.05, 3.63) is 23.4 Å². The van der Waals surface area contributed by atoms with Gasteiger partial charge in [0.25, 0.3) is 0 Å². The van der Waals surface area contributed by atoms with E-state index in [1.54, 1.807) is 20.8 Å². The van der Waals surface area contributed by atoms with Crippen molar-refractivity contribution in [1.82, 2.24) is 20.5 Å². The fourth-order valence-electron chi connectivity index (χ4n) is 2.88. The van der Waals surface area contributed by atoms with Crippen molar-refractivity contribution in [3.8, 4) is 0 Å². The highest BCUT2D eigenvalue weighted by molar-refractivity contribution is 6.39. The number of nitrogens with one attached hydrogen (secondary N) is 3. The maximum Gasteiger partial charge on any atom is 0.409 e. The Hall–Kier alpha value is -3.08. The van der Waals surface area contributed by atoms with Crippen LogP contribution in [0.5, 0.6) is 0 Å². The molecule has 1 aliphatic rings. The van der Waals surface area contributed by atoms with Crippen LogP contribution in [0.4, 0.5) is 15.4 Å². The Labute approximate surface area is 184 Å². The fraction of sp³-hybridized carbons (Fsp3) is 0.526. The second-order valence-electron chi connectivity index (χ2n) is 7.85. The van der Waals surface area contributed by atoms with E-state index in [0.29, 0.717) is 5.02 Å². The van der Waals surface area contributed by atoms with Crippen LogP contribution >= 0.6 is 11.6 Å². The molecule has 0 aromatic carbocycles. The van der Waals surface area contributed by atoms with Gasteiger partial charge < -0.3 is 30.3 Å². The Morgan fingerprint density at radius 2 is 1.84 bits per heavy atom. The summed E-state index contributed by atoms with van der Waals surface area (Å²) in [6.45, 7) is 5.47. The van der Waals surface area contributed by atoms with Gasteiger partial charge in [0.05, 0.1) is 24.2 Å². The normalized spacial score (nSPS) is 18.5. The quantitative estimate of drug-likeness (QED) is 0.587. The fourth-order valence-corrected chi connectivity index (χ4v) is 2.99. The lowest BCUT2D eigenvalue weighted by molar-refractivity contribution is -0.137. The Morgan fingerprint density at radius 1 is 1.13 bits per heavy atom. The summed E-state index contributed by atoms with van der Waals surface area (Å²) in [5.41, 5.74) is -0.731. The average Bonchev–Trinajstić information content (AvgIpc) is 2.68. The van der Waals surface area contributed by atoms with Crippen molar-refractivity contribution >= 4 is 41.4 Å². The molecule has 1 fully saturated rings. The summed E-state index contributed by atoms with van der Waals surface area (Å²) in [6, 6.07) is 1.65. The van der Waals surface area contributed by atoms with Gasteiger partial charge in [0.2, 0.25) is 0 Å². The summed E-state index contributed by atoms with van der Waals surface area (Å²) >= 11 is 5.75. The van der Waals surface area contributed by atoms with Crippen LogP contribution in [0.25, 0.3) is 0 Å². The summed E-state index contributed by atoms with van der Waals surface area (Å²) in [7, 11) is 1.25. The number of ether oxygens (including phenoxy) is 2. The van der Waals surface area contributed by atoms with Crippen LogP contribution in [-0.4, -0.2) is 71.8 Å². The third-order valence-electron chi connectivity index (χ3n) is 4.24. The zero-order valence-corrected chi connectivity index (χ0v) is 18.5. The minimum atomic E-state index is -0.929. The highest BCUT2D eigenvalue weighted by Crippen LogP contribution is 2.15. The number of aromatic nitrogens is 1. The highest BCUT2D eigenvalue weighted by atomic mass is 35.5. The number of halogens is 1. The standard InChI is InChI=1S/C19H26ClN5O6/c1-19(2,3)31-17(28)23-13-10-25(18(29)30-4)8-7-12(13)22-15(26)16(27)24-14-6-5-11(20)9-21-14/h5-6,9,12-13H,7-8,10H2,1-4H3,(H,22,26)(H,23,28)(H,21,24,27)/t12-,13+/m0/s1. The molecule has 0 aliphatic carbocycles. The number of rotatable bonds is 3. The van der Waals surface area contributed by atoms with Crippen molar-refractivity contribution in [2.24, 2.45) is 0 Å². The van der Waals surface area contributed by atoms with Gasteiger partial charge in [-0.15, -0.1) is 0 Å². The van der Waals surface area contributed by atoms with Crippen LogP contribution in [-0.2, 0) is 19.1 Å². The minimum Gasteiger partial charge on any atom is -0.453 e. The number of pyridine rings is 1. The van der Waals surface area contributed by atoms with Crippen molar-refractivity contribution < 1.29 is 28.7 Å². The number of alkyl carbamates (subject to hydrolysis) is 1. The predicted octanol–water partition coefficient (Wildman–Crippen LogP) is 1.52. The molecule has 1 saturated heterocycles. The van der Waals surface area contributed by atoms with E-state index < -0.39 is 41.7 Å². The monoisotopic (exact) mass is 455 g/mol. The number of piperidine rings is 1. The maximum absolute atomic E-state index is 12.4. The number of hydrogen-bond acceptors (Lipinski definition) is 7. The van der Waals surface area contributed by atoms with Gasteiger partial charge in [-0.25, -0.2) is 14.6 Å². The largest absolute Gasteiger partial charge is 0.453 e. The summed E-state index contributed by atoms with van der Waals surface area (Å²) in [4.78, 5) is 54.0. The van der Waals surface area contributed by atoms with Crippen LogP contribution in [0.15, 0.2) is 18.3 Å². The zero-order valence-electron chi connectivity index (χ0n) is 17.7. The first-order chi connectivity index (χ1) is 14.5. The molecule has 31 heavy (non-hydrogen) atoms. The number of likely N-dealkylation sites (tertiary alicyclic amines) is 1. The summed E-state index contributed by atoms with van der Waals surface area (Å²) < 4.78 is 9.98. The number of carbonyl (C=O) groups is 4. The molecule has 1 aliphatic heterocycles. The zero-order chi connectivity index (χ0) is 23.2. The molecule has 0 saturated carbocycles. The maximum atomic E-state index is 12.4. The van der Waals surface area contributed by atoms with Crippen molar-refractivity contribution in [2.75, 3.05) is 25.5 Å². The van der Waals surface area contributed by atoms with E-state index >= 15 is 0 Å². The molecule has 0 spiro atoms. The van der Waals surface area contributed by atoms with Crippen LogP contribution in [0.2, 0.25) is 5.02 Å². The first-order valence-corrected chi connectivity index (χ1v) is 9.92. The van der Waals surface area contributed by atoms with Gasteiger partial charge in [0.15, 0.2) is 0 Å². The lowest BCUT2D eigenvalue weighted by Gasteiger charge is -2.38. The number of amides is 4. The molecule has 11 nitrogen and oxygen atoms in total. The Balaban J connectivity index is 2.04. The predicted molar refractivity (Wildman–Crippen MR) is 112 cm³/mol. The Bertz CT molecular complexity index is 826. The smallest absolute Gasteiger partial charge is 0.409 e. The second kappa shape index (κ2) is 10.3. The summed E-state index contributed by atoms with van der Waals surface area (Å²) in [5.74, 6) is -1.68. The van der Waals surface area contributed by atoms with Crippen LogP contribution in [0.1, 0.15) is 27.2 Å². The van der Waals surface area contributed by atoms with E-state index in [1.807, 2.05) is 0 Å². The number of hydrogen-bond donors (Lipinski definition) is 3. The number of carbonyl (C=O) groups excluding carboxylic acids is 4. The van der Waals surface area contributed by atoms with Crippen LogP contribution < -0.4 is 16.0 Å². The van der Waals surface area contributed by atoms with Crippen molar-refractivity contribution in [2.45, 2.75) is 44.9 Å². The van der Waals surface area contributed by atoms with E-state index in [9.17, 15) is 19.2 Å². The molecule has 4 amide bonds.